The molecule has 6 heteroatoms. The number of benzene rings is 2. The molecule has 3 rings (SSSR count). The largest absolute Gasteiger partial charge is 0.308 e. The van der Waals surface area contributed by atoms with Crippen LogP contribution < -0.4 is 9.62 Å². The molecular formula is C20H24N2O3S. The summed E-state index contributed by atoms with van der Waals surface area (Å²) in [4.78, 5) is 14.6. The van der Waals surface area contributed by atoms with E-state index in [2.05, 4.69) is 4.72 Å². The molecule has 0 unspecified atom stereocenters. The van der Waals surface area contributed by atoms with E-state index in [4.69, 9.17) is 0 Å². The molecule has 2 aromatic rings. The van der Waals surface area contributed by atoms with Gasteiger partial charge in [-0.3, -0.25) is 9.52 Å². The van der Waals surface area contributed by atoms with Crippen molar-refractivity contribution in [3.63, 3.8) is 0 Å². The average molecular weight is 372 g/mol. The van der Waals surface area contributed by atoms with Gasteiger partial charge in [0.1, 0.15) is 0 Å². The second-order valence-electron chi connectivity index (χ2n) is 6.54. The lowest BCUT2D eigenvalue weighted by atomic mass is 10.00. The number of anilines is 2. The topological polar surface area (TPSA) is 66.5 Å². The van der Waals surface area contributed by atoms with Gasteiger partial charge in [-0.2, -0.15) is 0 Å². The molecule has 0 aromatic heterocycles. The third-order valence-corrected chi connectivity index (χ3v) is 5.88. The fourth-order valence-corrected chi connectivity index (χ4v) is 4.43. The minimum atomic E-state index is -3.33. The Morgan fingerprint density at radius 1 is 1.15 bits per heavy atom. The van der Waals surface area contributed by atoms with Gasteiger partial charge in [-0.25, -0.2) is 8.42 Å². The molecule has 1 aliphatic heterocycles. The van der Waals surface area contributed by atoms with Gasteiger partial charge in [0.2, 0.25) is 10.0 Å². The van der Waals surface area contributed by atoms with Crippen LogP contribution in [0.25, 0.3) is 0 Å². The Morgan fingerprint density at radius 3 is 2.65 bits per heavy atom. The maximum atomic E-state index is 12.8. The van der Waals surface area contributed by atoms with Gasteiger partial charge in [0.05, 0.1) is 5.75 Å². The van der Waals surface area contributed by atoms with E-state index in [-0.39, 0.29) is 11.7 Å². The SMILES string of the molecule is CCCCS(=O)(=O)Nc1ccc2c(c1)CCCN2C(=O)c1ccccc1. The first-order valence-electron chi connectivity index (χ1n) is 9.00. The van der Waals surface area contributed by atoms with Crippen molar-refractivity contribution in [3.05, 3.63) is 59.7 Å². The number of nitrogens with one attached hydrogen (secondary N) is 1. The highest BCUT2D eigenvalue weighted by atomic mass is 32.2. The van der Waals surface area contributed by atoms with Gasteiger partial charge in [0.15, 0.2) is 0 Å². The monoisotopic (exact) mass is 372 g/mol. The first-order chi connectivity index (χ1) is 12.5. The van der Waals surface area contributed by atoms with Crippen LogP contribution >= 0.6 is 0 Å². The van der Waals surface area contributed by atoms with Crippen LogP contribution in [-0.4, -0.2) is 26.6 Å². The van der Waals surface area contributed by atoms with Gasteiger partial charge >= 0.3 is 0 Å². The Morgan fingerprint density at radius 2 is 1.92 bits per heavy atom. The number of sulfonamides is 1. The minimum Gasteiger partial charge on any atom is -0.308 e. The van der Waals surface area contributed by atoms with E-state index in [0.29, 0.717) is 24.2 Å². The third kappa shape index (κ3) is 4.25. The molecule has 26 heavy (non-hydrogen) atoms. The fourth-order valence-electron chi connectivity index (χ4n) is 3.17. The number of unbranched alkanes of at least 4 members (excludes halogenated alkanes) is 1. The fraction of sp³-hybridized carbons (Fsp3) is 0.350. The summed E-state index contributed by atoms with van der Waals surface area (Å²) < 4.78 is 26.9. The van der Waals surface area contributed by atoms with Gasteiger partial charge in [-0.1, -0.05) is 31.5 Å². The molecule has 1 amide bonds. The van der Waals surface area contributed by atoms with Crippen molar-refractivity contribution in [3.8, 4) is 0 Å². The standard InChI is InChI=1S/C20H24N2O3S/c1-2-3-14-26(24,25)21-18-11-12-19-17(15-18)10-7-13-22(19)20(23)16-8-5-4-6-9-16/h4-6,8-9,11-12,15,21H,2-3,7,10,13-14H2,1H3. The van der Waals surface area contributed by atoms with E-state index >= 15 is 0 Å². The summed E-state index contributed by atoms with van der Waals surface area (Å²) in [7, 11) is -3.33. The Kier molecular flexibility index (Phi) is 5.61. The Hall–Kier alpha value is -2.34. The number of hydrogen-bond acceptors (Lipinski definition) is 3. The number of rotatable bonds is 6. The minimum absolute atomic E-state index is 0.0252. The average Bonchev–Trinajstić information content (AvgIpc) is 2.65. The molecule has 0 fully saturated rings. The summed E-state index contributed by atoms with van der Waals surface area (Å²) in [6.45, 7) is 2.63. The van der Waals surface area contributed by atoms with Crippen LogP contribution in [-0.2, 0) is 16.4 Å². The zero-order chi connectivity index (χ0) is 18.6. The number of aryl methyl sites for hydroxylation is 1. The second kappa shape index (κ2) is 7.91. The van der Waals surface area contributed by atoms with Crippen LogP contribution in [0.3, 0.4) is 0 Å². The van der Waals surface area contributed by atoms with Gasteiger partial charge in [0.25, 0.3) is 5.91 Å². The van der Waals surface area contributed by atoms with Crippen molar-refractivity contribution in [2.75, 3.05) is 21.9 Å². The molecule has 0 atom stereocenters. The van der Waals surface area contributed by atoms with Crippen LogP contribution in [0.4, 0.5) is 11.4 Å². The van der Waals surface area contributed by atoms with Crippen LogP contribution in [0.5, 0.6) is 0 Å². The van der Waals surface area contributed by atoms with E-state index in [0.717, 1.165) is 30.5 Å². The molecule has 1 N–H and O–H groups in total. The van der Waals surface area contributed by atoms with Crippen LogP contribution in [0.2, 0.25) is 0 Å². The Bertz CT molecular complexity index is 879. The Balaban J connectivity index is 1.82. The van der Waals surface area contributed by atoms with Crippen molar-refractivity contribution in [1.29, 1.82) is 0 Å². The quantitative estimate of drug-likeness (QED) is 0.838. The maximum Gasteiger partial charge on any atom is 0.258 e. The first kappa shape index (κ1) is 18.5. The summed E-state index contributed by atoms with van der Waals surface area (Å²) in [5.74, 6) is 0.0990. The predicted molar refractivity (Wildman–Crippen MR) is 105 cm³/mol. The van der Waals surface area contributed by atoms with E-state index in [1.165, 1.54) is 0 Å². The smallest absolute Gasteiger partial charge is 0.258 e. The number of nitrogens with zero attached hydrogens (tertiary/aromatic N) is 1. The summed E-state index contributed by atoms with van der Waals surface area (Å²) in [5.41, 5.74) is 3.08. The molecule has 0 spiro atoms. The highest BCUT2D eigenvalue weighted by Gasteiger charge is 2.24. The van der Waals surface area contributed by atoms with Crippen LogP contribution in [0, 0.1) is 0 Å². The maximum absolute atomic E-state index is 12.8. The van der Waals surface area contributed by atoms with Gasteiger partial charge in [-0.05, 0) is 55.2 Å². The molecule has 0 aliphatic carbocycles. The summed E-state index contributed by atoms with van der Waals surface area (Å²) in [5, 5.41) is 0. The van der Waals surface area contributed by atoms with Crippen molar-refractivity contribution < 1.29 is 13.2 Å². The lowest BCUT2D eigenvalue weighted by Crippen LogP contribution is -2.35. The molecule has 0 bridgehead atoms. The normalized spacial score (nSPS) is 14.0. The van der Waals surface area contributed by atoms with Crippen molar-refractivity contribution >= 4 is 27.3 Å². The molecule has 2 aromatic carbocycles. The van der Waals surface area contributed by atoms with Crippen LogP contribution in [0.15, 0.2) is 48.5 Å². The molecule has 138 valence electrons. The number of fused-ring (bicyclic) bond motifs is 1. The van der Waals surface area contributed by atoms with Crippen LogP contribution in [0.1, 0.15) is 42.1 Å². The molecule has 5 nitrogen and oxygen atoms in total. The predicted octanol–water partition coefficient (Wildman–Crippen LogP) is 3.82. The number of hydrogen-bond donors (Lipinski definition) is 1. The number of carbonyl (C=O) groups is 1. The summed E-state index contributed by atoms with van der Waals surface area (Å²) >= 11 is 0. The lowest BCUT2D eigenvalue weighted by molar-refractivity contribution is 0.0985. The molecule has 0 saturated carbocycles. The summed E-state index contributed by atoms with van der Waals surface area (Å²) in [6.07, 6.45) is 3.16. The lowest BCUT2D eigenvalue weighted by Gasteiger charge is -2.30. The Labute approximate surface area is 155 Å². The van der Waals surface area contributed by atoms with Gasteiger partial charge < -0.3 is 4.90 Å². The van der Waals surface area contributed by atoms with E-state index in [1.807, 2.05) is 49.4 Å². The molecular weight excluding hydrogens is 348 g/mol. The van der Waals surface area contributed by atoms with Crippen molar-refractivity contribution in [1.82, 2.24) is 0 Å². The number of carbonyl (C=O) groups excluding carboxylic acids is 1. The zero-order valence-electron chi connectivity index (χ0n) is 14.9. The molecule has 0 saturated heterocycles. The van der Waals surface area contributed by atoms with E-state index in [9.17, 15) is 13.2 Å². The van der Waals surface area contributed by atoms with Crippen molar-refractivity contribution in [2.45, 2.75) is 32.6 Å². The number of amides is 1. The van der Waals surface area contributed by atoms with E-state index < -0.39 is 10.0 Å². The molecule has 1 heterocycles. The van der Waals surface area contributed by atoms with Crippen molar-refractivity contribution in [2.24, 2.45) is 0 Å². The highest BCUT2D eigenvalue weighted by Crippen LogP contribution is 2.31. The molecule has 1 aliphatic rings. The van der Waals surface area contributed by atoms with E-state index in [1.54, 1.807) is 11.0 Å². The molecule has 0 radical (unpaired) electrons. The summed E-state index contributed by atoms with van der Waals surface area (Å²) in [6, 6.07) is 14.6. The first-order valence-corrected chi connectivity index (χ1v) is 10.7. The van der Waals surface area contributed by atoms with Gasteiger partial charge in [0, 0.05) is 23.5 Å². The van der Waals surface area contributed by atoms with Gasteiger partial charge in [-0.15, -0.1) is 0 Å². The highest BCUT2D eigenvalue weighted by molar-refractivity contribution is 7.92. The second-order valence-corrected chi connectivity index (χ2v) is 8.39. The third-order valence-electron chi connectivity index (χ3n) is 4.50. The zero-order valence-corrected chi connectivity index (χ0v) is 15.8.